The number of ether oxygens (including phenoxy) is 1. The van der Waals surface area contributed by atoms with E-state index in [-0.39, 0.29) is 12.1 Å². The first-order chi connectivity index (χ1) is 9.43. The normalized spacial score (nSPS) is 15.1. The molecule has 1 rings (SSSR count). The fraction of sp³-hybridized carbons (Fsp3) is 0.600. The van der Waals surface area contributed by atoms with Crippen LogP contribution in [0.15, 0.2) is 24.3 Å². The Balaban J connectivity index is 2.97. The Morgan fingerprint density at radius 1 is 1.15 bits per heavy atom. The van der Waals surface area contributed by atoms with Gasteiger partial charge in [0.15, 0.2) is 0 Å². The summed E-state index contributed by atoms with van der Waals surface area (Å²) < 4.78 is 43.2. The lowest BCUT2D eigenvalue weighted by molar-refractivity contribution is -0.137. The molecule has 1 aromatic carbocycles. The maximum absolute atomic E-state index is 12.6. The molecule has 114 valence electrons. The van der Waals surface area contributed by atoms with Gasteiger partial charge in [0.1, 0.15) is 0 Å². The quantitative estimate of drug-likeness (QED) is 0.813. The molecule has 0 bridgehead atoms. The zero-order valence-electron chi connectivity index (χ0n) is 12.1. The molecule has 2 unspecified atom stereocenters. The van der Waals surface area contributed by atoms with Crippen LogP contribution in [0.3, 0.4) is 0 Å². The van der Waals surface area contributed by atoms with E-state index in [1.165, 1.54) is 12.1 Å². The van der Waals surface area contributed by atoms with Gasteiger partial charge in [0.2, 0.25) is 0 Å². The van der Waals surface area contributed by atoms with Crippen molar-refractivity contribution in [2.24, 2.45) is 0 Å². The third-order valence-electron chi connectivity index (χ3n) is 3.27. The standard InChI is InChI=1S/C15H22F3NO/c1-4-6-13(20-3)14(19-5-2)11-7-9-12(10-8-11)15(16,17)18/h7-10,13-14,19H,4-6H2,1-3H3. The van der Waals surface area contributed by atoms with Crippen LogP contribution in [-0.2, 0) is 10.9 Å². The van der Waals surface area contributed by atoms with Crippen molar-refractivity contribution >= 4 is 0 Å². The van der Waals surface area contributed by atoms with Gasteiger partial charge < -0.3 is 10.1 Å². The first-order valence-corrected chi connectivity index (χ1v) is 6.87. The summed E-state index contributed by atoms with van der Waals surface area (Å²) in [7, 11) is 1.63. The molecule has 0 amide bonds. The summed E-state index contributed by atoms with van der Waals surface area (Å²) in [6.07, 6.45) is -2.52. The van der Waals surface area contributed by atoms with Gasteiger partial charge in [-0.05, 0) is 30.7 Å². The molecule has 0 aliphatic heterocycles. The van der Waals surface area contributed by atoms with E-state index in [1.807, 2.05) is 6.92 Å². The van der Waals surface area contributed by atoms with E-state index in [1.54, 1.807) is 7.11 Å². The lowest BCUT2D eigenvalue weighted by Gasteiger charge is -2.27. The summed E-state index contributed by atoms with van der Waals surface area (Å²) in [5.41, 5.74) is 0.195. The Bertz CT molecular complexity index is 389. The summed E-state index contributed by atoms with van der Waals surface area (Å²) in [5, 5.41) is 3.29. The minimum atomic E-state index is -4.30. The number of alkyl halides is 3. The largest absolute Gasteiger partial charge is 0.416 e. The van der Waals surface area contributed by atoms with Crippen molar-refractivity contribution in [3.05, 3.63) is 35.4 Å². The van der Waals surface area contributed by atoms with E-state index in [4.69, 9.17) is 4.74 Å². The Kier molecular flexibility index (Phi) is 6.49. The summed E-state index contributed by atoms with van der Waals surface area (Å²) in [4.78, 5) is 0. The molecule has 0 radical (unpaired) electrons. The van der Waals surface area contributed by atoms with E-state index in [0.717, 1.165) is 37.1 Å². The van der Waals surface area contributed by atoms with Gasteiger partial charge in [-0.2, -0.15) is 13.2 Å². The van der Waals surface area contributed by atoms with E-state index in [2.05, 4.69) is 12.2 Å². The van der Waals surface area contributed by atoms with Gasteiger partial charge in [-0.15, -0.1) is 0 Å². The highest BCUT2D eigenvalue weighted by Crippen LogP contribution is 2.31. The van der Waals surface area contributed by atoms with Crippen LogP contribution in [0.2, 0.25) is 0 Å². The van der Waals surface area contributed by atoms with E-state index < -0.39 is 11.7 Å². The van der Waals surface area contributed by atoms with Crippen molar-refractivity contribution < 1.29 is 17.9 Å². The minimum Gasteiger partial charge on any atom is -0.379 e. The number of hydrogen-bond acceptors (Lipinski definition) is 2. The lowest BCUT2D eigenvalue weighted by atomic mass is 9.97. The molecule has 1 N–H and O–H groups in total. The summed E-state index contributed by atoms with van der Waals surface area (Å²) in [6, 6.07) is 5.21. The van der Waals surface area contributed by atoms with Crippen molar-refractivity contribution in [1.82, 2.24) is 5.32 Å². The third kappa shape index (κ3) is 4.49. The van der Waals surface area contributed by atoms with Gasteiger partial charge in [0.25, 0.3) is 0 Å². The zero-order valence-corrected chi connectivity index (χ0v) is 12.1. The summed E-state index contributed by atoms with van der Waals surface area (Å²) >= 11 is 0. The van der Waals surface area contributed by atoms with Crippen LogP contribution < -0.4 is 5.32 Å². The number of halogens is 3. The van der Waals surface area contributed by atoms with Gasteiger partial charge in [0, 0.05) is 7.11 Å². The molecule has 2 atom stereocenters. The van der Waals surface area contributed by atoms with E-state index in [9.17, 15) is 13.2 Å². The first-order valence-electron chi connectivity index (χ1n) is 6.87. The Morgan fingerprint density at radius 2 is 1.75 bits per heavy atom. The van der Waals surface area contributed by atoms with Crippen LogP contribution in [0, 0.1) is 0 Å². The highest BCUT2D eigenvalue weighted by atomic mass is 19.4. The van der Waals surface area contributed by atoms with E-state index in [0.29, 0.717) is 0 Å². The number of rotatable bonds is 7. The molecule has 2 nitrogen and oxygen atoms in total. The van der Waals surface area contributed by atoms with Crippen LogP contribution in [-0.4, -0.2) is 19.8 Å². The Hall–Kier alpha value is -1.07. The Morgan fingerprint density at radius 3 is 2.15 bits per heavy atom. The summed E-state index contributed by atoms with van der Waals surface area (Å²) in [6.45, 7) is 4.76. The van der Waals surface area contributed by atoms with Crippen molar-refractivity contribution in [3.8, 4) is 0 Å². The highest BCUT2D eigenvalue weighted by molar-refractivity contribution is 5.27. The number of nitrogens with one attached hydrogen (secondary N) is 1. The van der Waals surface area contributed by atoms with Crippen LogP contribution >= 0.6 is 0 Å². The molecule has 0 aliphatic rings. The molecule has 0 aliphatic carbocycles. The second-order valence-electron chi connectivity index (χ2n) is 4.72. The van der Waals surface area contributed by atoms with Crippen LogP contribution in [0.25, 0.3) is 0 Å². The topological polar surface area (TPSA) is 21.3 Å². The first kappa shape index (κ1) is 17.0. The summed E-state index contributed by atoms with van der Waals surface area (Å²) in [5.74, 6) is 0. The van der Waals surface area contributed by atoms with Gasteiger partial charge >= 0.3 is 6.18 Å². The average molecular weight is 289 g/mol. The monoisotopic (exact) mass is 289 g/mol. The lowest BCUT2D eigenvalue weighted by Crippen LogP contribution is -2.33. The van der Waals surface area contributed by atoms with Gasteiger partial charge in [0.05, 0.1) is 17.7 Å². The number of hydrogen-bond donors (Lipinski definition) is 1. The fourth-order valence-electron chi connectivity index (χ4n) is 2.27. The third-order valence-corrected chi connectivity index (χ3v) is 3.27. The molecule has 0 aromatic heterocycles. The van der Waals surface area contributed by atoms with Crippen molar-refractivity contribution in [2.45, 2.75) is 45.0 Å². The van der Waals surface area contributed by atoms with Crippen molar-refractivity contribution in [2.75, 3.05) is 13.7 Å². The molecule has 0 saturated heterocycles. The van der Waals surface area contributed by atoms with Crippen molar-refractivity contribution in [3.63, 3.8) is 0 Å². The molecule has 0 saturated carbocycles. The van der Waals surface area contributed by atoms with Crippen molar-refractivity contribution in [1.29, 1.82) is 0 Å². The van der Waals surface area contributed by atoms with Gasteiger partial charge in [-0.3, -0.25) is 0 Å². The minimum absolute atomic E-state index is 0.0447. The number of methoxy groups -OCH3 is 1. The number of likely N-dealkylation sites (N-methyl/N-ethyl adjacent to an activating group) is 1. The predicted octanol–water partition coefficient (Wildman–Crippen LogP) is 4.17. The Labute approximate surface area is 118 Å². The number of benzene rings is 1. The molecule has 5 heteroatoms. The molecular formula is C15H22F3NO. The second kappa shape index (κ2) is 7.64. The molecule has 0 spiro atoms. The predicted molar refractivity (Wildman–Crippen MR) is 73.6 cm³/mol. The maximum atomic E-state index is 12.6. The second-order valence-corrected chi connectivity index (χ2v) is 4.72. The SMILES string of the molecule is CCCC(OC)C(NCC)c1ccc(C(F)(F)F)cc1. The molecule has 1 aromatic rings. The highest BCUT2D eigenvalue weighted by Gasteiger charge is 2.30. The van der Waals surface area contributed by atoms with Crippen LogP contribution in [0.4, 0.5) is 13.2 Å². The molecule has 0 heterocycles. The molecule has 0 fully saturated rings. The zero-order chi connectivity index (χ0) is 15.2. The van der Waals surface area contributed by atoms with E-state index >= 15 is 0 Å². The van der Waals surface area contributed by atoms with Crippen LogP contribution in [0.1, 0.15) is 43.9 Å². The van der Waals surface area contributed by atoms with Crippen LogP contribution in [0.5, 0.6) is 0 Å². The maximum Gasteiger partial charge on any atom is 0.416 e. The van der Waals surface area contributed by atoms with Gasteiger partial charge in [-0.1, -0.05) is 32.4 Å². The van der Waals surface area contributed by atoms with Gasteiger partial charge in [-0.25, -0.2) is 0 Å². The average Bonchev–Trinajstić information content (AvgIpc) is 2.42. The molecule has 20 heavy (non-hydrogen) atoms. The fourth-order valence-corrected chi connectivity index (χ4v) is 2.27. The smallest absolute Gasteiger partial charge is 0.379 e. The molecular weight excluding hydrogens is 267 g/mol.